The molecule has 4 heteroatoms. The Morgan fingerprint density at radius 3 is 2.60 bits per heavy atom. The van der Waals surface area contributed by atoms with Crippen molar-refractivity contribution < 1.29 is 9.90 Å². The molecule has 1 saturated heterocycles. The first-order chi connectivity index (χ1) is 9.70. The van der Waals surface area contributed by atoms with Gasteiger partial charge in [-0.3, -0.25) is 9.69 Å². The zero-order chi connectivity index (χ0) is 14.1. The molecule has 20 heavy (non-hydrogen) atoms. The third-order valence-corrected chi connectivity index (χ3v) is 4.61. The summed E-state index contributed by atoms with van der Waals surface area (Å²) in [4.78, 5) is 16.0. The number of carbonyl (C=O) groups is 1. The first-order valence-electron chi connectivity index (χ1n) is 7.48. The van der Waals surface area contributed by atoms with Crippen molar-refractivity contribution in [3.63, 3.8) is 0 Å². The van der Waals surface area contributed by atoms with Crippen molar-refractivity contribution in [2.24, 2.45) is 0 Å². The highest BCUT2D eigenvalue weighted by Crippen LogP contribution is 2.34. The Morgan fingerprint density at radius 1 is 1.25 bits per heavy atom. The predicted molar refractivity (Wildman–Crippen MR) is 77.3 cm³/mol. The zero-order valence-corrected chi connectivity index (χ0v) is 12.0. The molecule has 4 nitrogen and oxygen atoms in total. The van der Waals surface area contributed by atoms with Crippen LogP contribution in [0.3, 0.4) is 0 Å². The molecule has 1 aliphatic heterocycles. The monoisotopic (exact) mass is 274 g/mol. The van der Waals surface area contributed by atoms with Gasteiger partial charge in [0.2, 0.25) is 5.91 Å². The summed E-state index contributed by atoms with van der Waals surface area (Å²) in [7, 11) is 0. The van der Waals surface area contributed by atoms with Gasteiger partial charge in [-0.1, -0.05) is 31.2 Å². The van der Waals surface area contributed by atoms with Crippen LogP contribution in [-0.2, 0) is 11.2 Å². The van der Waals surface area contributed by atoms with Gasteiger partial charge >= 0.3 is 0 Å². The minimum absolute atomic E-state index is 0.172. The van der Waals surface area contributed by atoms with E-state index in [0.717, 1.165) is 38.2 Å². The van der Waals surface area contributed by atoms with Gasteiger partial charge in [-0.25, -0.2) is 0 Å². The van der Waals surface area contributed by atoms with Crippen molar-refractivity contribution in [1.29, 1.82) is 0 Å². The molecule has 1 fully saturated rings. The predicted octanol–water partition coefficient (Wildman–Crippen LogP) is 1.20. The standard InChI is InChI=1S/C16H22N2O2/c1-2-15(19)18-9-7-17(8-10-18)14-11-12-5-3-4-6-13(12)16(14)20/h3-6,14,16,20H,2,7-11H2,1H3/t14-,16-/m0/s1. The van der Waals surface area contributed by atoms with E-state index in [4.69, 9.17) is 0 Å². The summed E-state index contributed by atoms with van der Waals surface area (Å²) in [6.07, 6.45) is 1.11. The second-order valence-corrected chi connectivity index (χ2v) is 5.69. The van der Waals surface area contributed by atoms with Gasteiger partial charge < -0.3 is 10.0 Å². The summed E-state index contributed by atoms with van der Waals surface area (Å²) in [5, 5.41) is 10.5. The maximum Gasteiger partial charge on any atom is 0.222 e. The van der Waals surface area contributed by atoms with E-state index < -0.39 is 0 Å². The van der Waals surface area contributed by atoms with E-state index >= 15 is 0 Å². The van der Waals surface area contributed by atoms with Gasteiger partial charge in [-0.2, -0.15) is 0 Å². The fourth-order valence-electron chi connectivity index (χ4n) is 3.41. The molecule has 1 N–H and O–H groups in total. The topological polar surface area (TPSA) is 43.8 Å². The number of hydrogen-bond donors (Lipinski definition) is 1. The second-order valence-electron chi connectivity index (χ2n) is 5.69. The third kappa shape index (κ3) is 2.34. The summed E-state index contributed by atoms with van der Waals surface area (Å²) >= 11 is 0. The van der Waals surface area contributed by atoms with Gasteiger partial charge in [0, 0.05) is 38.6 Å². The number of rotatable bonds is 2. The van der Waals surface area contributed by atoms with Crippen LogP contribution in [0.4, 0.5) is 0 Å². The second kappa shape index (κ2) is 5.54. The van der Waals surface area contributed by atoms with Crippen molar-refractivity contribution in [3.8, 4) is 0 Å². The molecular weight excluding hydrogens is 252 g/mol. The van der Waals surface area contributed by atoms with Crippen LogP contribution in [0.2, 0.25) is 0 Å². The van der Waals surface area contributed by atoms with Crippen molar-refractivity contribution in [3.05, 3.63) is 35.4 Å². The van der Waals surface area contributed by atoms with Crippen molar-refractivity contribution in [1.82, 2.24) is 9.80 Å². The molecule has 108 valence electrons. The molecular formula is C16H22N2O2. The molecule has 1 aliphatic carbocycles. The summed E-state index contributed by atoms with van der Waals surface area (Å²) in [5.41, 5.74) is 2.33. The van der Waals surface area contributed by atoms with E-state index in [-0.39, 0.29) is 18.1 Å². The molecule has 0 radical (unpaired) electrons. The Labute approximate surface area is 120 Å². The Kier molecular flexibility index (Phi) is 3.76. The van der Waals surface area contributed by atoms with E-state index in [1.165, 1.54) is 5.56 Å². The quantitative estimate of drug-likeness (QED) is 0.881. The first-order valence-corrected chi connectivity index (χ1v) is 7.48. The zero-order valence-electron chi connectivity index (χ0n) is 12.0. The number of amides is 1. The number of benzene rings is 1. The molecule has 3 rings (SSSR count). The Bertz CT molecular complexity index is 495. The fourth-order valence-corrected chi connectivity index (χ4v) is 3.41. The summed E-state index contributed by atoms with van der Waals surface area (Å²) < 4.78 is 0. The minimum Gasteiger partial charge on any atom is -0.387 e. The molecule has 2 atom stereocenters. The number of aliphatic hydroxyl groups is 1. The van der Waals surface area contributed by atoms with Crippen LogP contribution in [0, 0.1) is 0 Å². The molecule has 0 aromatic heterocycles. The largest absolute Gasteiger partial charge is 0.387 e. The highest BCUT2D eigenvalue weighted by atomic mass is 16.3. The lowest BCUT2D eigenvalue weighted by atomic mass is 10.1. The maximum absolute atomic E-state index is 11.7. The van der Waals surface area contributed by atoms with E-state index in [1.54, 1.807) is 0 Å². The minimum atomic E-state index is -0.389. The number of carbonyl (C=O) groups excluding carboxylic acids is 1. The Hall–Kier alpha value is -1.39. The smallest absolute Gasteiger partial charge is 0.222 e. The number of hydrogen-bond acceptors (Lipinski definition) is 3. The van der Waals surface area contributed by atoms with Gasteiger partial charge in [0.1, 0.15) is 0 Å². The van der Waals surface area contributed by atoms with Crippen LogP contribution >= 0.6 is 0 Å². The van der Waals surface area contributed by atoms with E-state index in [2.05, 4.69) is 11.0 Å². The van der Waals surface area contributed by atoms with E-state index in [0.29, 0.717) is 6.42 Å². The summed E-state index contributed by atoms with van der Waals surface area (Å²) in [6.45, 7) is 5.20. The van der Waals surface area contributed by atoms with Crippen LogP contribution < -0.4 is 0 Å². The molecule has 0 bridgehead atoms. The van der Waals surface area contributed by atoms with E-state index in [9.17, 15) is 9.90 Å². The van der Waals surface area contributed by atoms with Crippen molar-refractivity contribution in [2.45, 2.75) is 31.9 Å². The normalized spacial score (nSPS) is 26.6. The average molecular weight is 274 g/mol. The number of aliphatic hydroxyl groups excluding tert-OH is 1. The lowest BCUT2D eigenvalue weighted by Gasteiger charge is -2.39. The molecule has 0 spiro atoms. The molecule has 0 unspecified atom stereocenters. The highest BCUT2D eigenvalue weighted by Gasteiger charge is 2.36. The molecule has 1 aromatic rings. The Morgan fingerprint density at radius 2 is 1.95 bits per heavy atom. The lowest BCUT2D eigenvalue weighted by molar-refractivity contribution is -0.133. The molecule has 2 aliphatic rings. The lowest BCUT2D eigenvalue weighted by Crippen LogP contribution is -2.52. The fraction of sp³-hybridized carbons (Fsp3) is 0.562. The van der Waals surface area contributed by atoms with Crippen LogP contribution in [0.15, 0.2) is 24.3 Å². The first kappa shape index (κ1) is 13.6. The van der Waals surface area contributed by atoms with Crippen LogP contribution in [0.5, 0.6) is 0 Å². The number of nitrogens with zero attached hydrogens (tertiary/aromatic N) is 2. The summed E-state index contributed by atoms with van der Waals surface area (Å²) in [5.74, 6) is 0.236. The SMILES string of the molecule is CCC(=O)N1CCN([C@H]2Cc3ccccc3[C@@H]2O)CC1. The van der Waals surface area contributed by atoms with Crippen molar-refractivity contribution >= 4 is 5.91 Å². The van der Waals surface area contributed by atoms with Crippen LogP contribution in [-0.4, -0.2) is 53.0 Å². The molecule has 1 amide bonds. The summed E-state index contributed by atoms with van der Waals surface area (Å²) in [6, 6.07) is 8.33. The van der Waals surface area contributed by atoms with Crippen LogP contribution in [0.1, 0.15) is 30.6 Å². The molecule has 1 aromatic carbocycles. The van der Waals surface area contributed by atoms with E-state index in [1.807, 2.05) is 30.0 Å². The molecule has 0 saturated carbocycles. The average Bonchev–Trinajstić information content (AvgIpc) is 2.84. The van der Waals surface area contributed by atoms with Crippen molar-refractivity contribution in [2.75, 3.05) is 26.2 Å². The number of fused-ring (bicyclic) bond motifs is 1. The van der Waals surface area contributed by atoms with Gasteiger partial charge in [-0.05, 0) is 17.5 Å². The number of piperazine rings is 1. The van der Waals surface area contributed by atoms with Gasteiger partial charge in [0.05, 0.1) is 6.10 Å². The Balaban J connectivity index is 1.64. The van der Waals surface area contributed by atoms with Gasteiger partial charge in [0.15, 0.2) is 0 Å². The van der Waals surface area contributed by atoms with Crippen LogP contribution in [0.25, 0.3) is 0 Å². The third-order valence-electron chi connectivity index (χ3n) is 4.61. The highest BCUT2D eigenvalue weighted by molar-refractivity contribution is 5.75. The maximum atomic E-state index is 11.7. The molecule has 1 heterocycles. The van der Waals surface area contributed by atoms with Gasteiger partial charge in [0.25, 0.3) is 0 Å². The van der Waals surface area contributed by atoms with Gasteiger partial charge in [-0.15, -0.1) is 0 Å².